The topological polar surface area (TPSA) is 416 Å². The predicted octanol–water partition coefficient (Wildman–Crippen LogP) is -2.71. The summed E-state index contributed by atoms with van der Waals surface area (Å²) >= 11 is 0. The molecule has 0 spiro atoms. The second kappa shape index (κ2) is 26.4. The summed E-state index contributed by atoms with van der Waals surface area (Å²) in [6, 6.07) is 0. The Labute approximate surface area is 496 Å². The van der Waals surface area contributed by atoms with Crippen LogP contribution in [-0.4, -0.2) is 274 Å². The van der Waals surface area contributed by atoms with Gasteiger partial charge in [0.15, 0.2) is 31.5 Å². The van der Waals surface area contributed by atoms with Crippen LogP contribution < -0.4 is 0 Å². The number of allylic oxidation sites excluding steroid dienone is 2. The monoisotopic (exact) mass is 1220 g/mol. The molecule has 85 heavy (non-hydrogen) atoms. The maximum atomic E-state index is 12.9. The predicted molar refractivity (Wildman–Crippen MR) is 291 cm³/mol. The Morgan fingerprint density at radius 3 is 1.78 bits per heavy atom. The number of hydrogen-bond donors (Lipinski definition) is 16. The third kappa shape index (κ3) is 12.5. The lowest BCUT2D eigenvalue weighted by Gasteiger charge is -2.71. The second-order valence-electron chi connectivity index (χ2n) is 28.0. The van der Waals surface area contributed by atoms with E-state index in [1.165, 1.54) is 0 Å². The number of aliphatic hydroxyl groups excluding tert-OH is 16. The summed E-state index contributed by atoms with van der Waals surface area (Å²) in [5.74, 6) is -0.514. The van der Waals surface area contributed by atoms with E-state index in [0.29, 0.717) is 44.9 Å². The van der Waals surface area contributed by atoms with E-state index in [1.54, 1.807) is 0 Å². The minimum atomic E-state index is -1.82. The fraction of sp³-hybridized carbons (Fsp3) is 0.966. The van der Waals surface area contributed by atoms with Crippen LogP contribution in [0.2, 0.25) is 0 Å². The van der Waals surface area contributed by atoms with Crippen LogP contribution in [0.1, 0.15) is 120 Å². The van der Waals surface area contributed by atoms with Gasteiger partial charge in [0.2, 0.25) is 0 Å². The van der Waals surface area contributed by atoms with Crippen LogP contribution in [0.4, 0.5) is 0 Å². The van der Waals surface area contributed by atoms with Gasteiger partial charge >= 0.3 is 0 Å². The molecule has 5 heterocycles. The number of fused-ring (bicyclic) bond motifs is 5. The van der Waals surface area contributed by atoms with E-state index in [9.17, 15) is 81.7 Å². The van der Waals surface area contributed by atoms with Crippen molar-refractivity contribution in [1.29, 1.82) is 0 Å². The number of ether oxygens (including phenoxy) is 10. The van der Waals surface area contributed by atoms with E-state index in [1.807, 2.05) is 20.8 Å². The maximum Gasteiger partial charge on any atom is 0.187 e. The van der Waals surface area contributed by atoms with Crippen LogP contribution in [0.15, 0.2) is 11.6 Å². The molecular weight excluding hydrogens is 1120 g/mol. The van der Waals surface area contributed by atoms with Gasteiger partial charge < -0.3 is 129 Å². The molecule has 26 heteroatoms. The van der Waals surface area contributed by atoms with Crippen molar-refractivity contribution in [3.8, 4) is 0 Å². The average molecular weight is 1230 g/mol. The Kier molecular flexibility index (Phi) is 21.1. The zero-order valence-electron chi connectivity index (χ0n) is 50.2. The summed E-state index contributed by atoms with van der Waals surface area (Å²) in [5, 5.41) is 174. The van der Waals surface area contributed by atoms with E-state index in [0.717, 1.165) is 24.8 Å². The highest BCUT2D eigenvalue weighted by Gasteiger charge is 2.72. The first-order valence-corrected chi connectivity index (χ1v) is 30.7. The normalized spacial score (nSPS) is 52.5. The van der Waals surface area contributed by atoms with Crippen LogP contribution in [0.25, 0.3) is 0 Å². The number of unbranched alkanes of at least 4 members (excludes halogenated alkanes) is 1. The third-order valence-corrected chi connectivity index (χ3v) is 22.5. The van der Waals surface area contributed by atoms with Crippen LogP contribution in [-0.2, 0) is 47.4 Å². The van der Waals surface area contributed by atoms with Crippen LogP contribution in [0.3, 0.4) is 0 Å². The SMILES string of the molecule is CC(C)=CCCC[C@](C)(O[C@@H]1O[C@H](CO[C@@H]2OC[C@H](O[C@@H]3OC[C@@H](O)[C@H](O)[C@H]3O)[C@H](O)[C@H]2O)[C@@H](O)[C@H](O)[C@H]1O)[C@H]1CC[C@]2(C)[C@H]1[C@H](O)C[C@@H]1[C@@]3(C)CC[C@H](O[C@@H]4O[C@H](CO)[C@@H](O)[C@H](O)[C@H]4O[C@@H]4O[C@H](CO)[C@@H](O)[C@H](O)[C@H]4O)C(C)(C)[C@@H]3CC[C@]12C. The van der Waals surface area contributed by atoms with Gasteiger partial charge in [0.25, 0.3) is 0 Å². The summed E-state index contributed by atoms with van der Waals surface area (Å²) < 4.78 is 60.4. The second-order valence-corrected chi connectivity index (χ2v) is 28.0. The molecule has 33 atom stereocenters. The molecule has 5 aliphatic heterocycles. The molecule has 0 aromatic rings. The standard InChI is InChI=1S/C59H100O26/c1-25(2)11-9-10-15-59(8,85-53-48(75)43(70)40(67)31(82-53)23-77-50-46(73)41(68)32(24-78-50)81-51-45(72)37(64)28(63)22-76-51)26-12-17-58(7)36(26)27(62)19-34-56(5)16-14-35(55(3,4)33(56)13-18-57(34,58)6)83-54-49(44(71)39(66)30(21-61)80-54)84-52-47(74)42(69)38(65)29(20-60)79-52/h11,26-54,60-75H,9-10,12-24H2,1-8H3/t26-,27+,28+,29+,30+,31+,32-,33-,34+,35-,36+,37-,38+,39+,40+,41-,42-,43-,44-,45+,46+,47+,48+,49+,50+,51-,52-,53-,54-,56-,57+,58+,59-/m0/s1. The molecule has 5 saturated heterocycles. The smallest absolute Gasteiger partial charge is 0.187 e. The summed E-state index contributed by atoms with van der Waals surface area (Å²) in [7, 11) is 0. The van der Waals surface area contributed by atoms with Crippen molar-refractivity contribution in [2.75, 3.05) is 33.0 Å². The Morgan fingerprint density at radius 2 is 1.12 bits per heavy atom. The number of hydrogen-bond acceptors (Lipinski definition) is 26. The lowest BCUT2D eigenvalue weighted by atomic mass is 9.35. The fourth-order valence-electron chi connectivity index (χ4n) is 17.4. The molecule has 0 radical (unpaired) electrons. The molecule has 16 N–H and O–H groups in total. The van der Waals surface area contributed by atoms with Gasteiger partial charge in [0.1, 0.15) is 110 Å². The summed E-state index contributed by atoms with van der Waals surface area (Å²) in [6.07, 6.45) is -28.8. The van der Waals surface area contributed by atoms with Gasteiger partial charge in [-0.25, -0.2) is 0 Å². The van der Waals surface area contributed by atoms with E-state index in [2.05, 4.69) is 40.7 Å². The number of aliphatic hydroxyl groups is 16. The molecule has 0 bridgehead atoms. The molecule has 26 nitrogen and oxygen atoms in total. The zero-order valence-corrected chi connectivity index (χ0v) is 50.2. The van der Waals surface area contributed by atoms with Crippen molar-refractivity contribution < 1.29 is 129 Å². The molecule has 9 rings (SSSR count). The summed E-state index contributed by atoms with van der Waals surface area (Å²) in [6.45, 7) is 14.6. The molecule has 4 aliphatic carbocycles. The van der Waals surface area contributed by atoms with E-state index in [4.69, 9.17) is 47.4 Å². The maximum absolute atomic E-state index is 12.9. The molecule has 9 aliphatic rings. The highest BCUT2D eigenvalue weighted by Crippen LogP contribution is 2.76. The Balaban J connectivity index is 0.899. The van der Waals surface area contributed by atoms with Crippen LogP contribution in [0.5, 0.6) is 0 Å². The lowest BCUT2D eigenvalue weighted by Crippen LogP contribution is -2.68. The first-order valence-electron chi connectivity index (χ1n) is 30.7. The summed E-state index contributed by atoms with van der Waals surface area (Å²) in [4.78, 5) is 0. The van der Waals surface area contributed by atoms with Crippen molar-refractivity contribution in [3.05, 3.63) is 11.6 Å². The van der Waals surface area contributed by atoms with Gasteiger partial charge in [-0.2, -0.15) is 0 Å². The van der Waals surface area contributed by atoms with Gasteiger partial charge in [-0.15, -0.1) is 0 Å². The first kappa shape index (κ1) is 68.1. The third-order valence-electron chi connectivity index (χ3n) is 22.5. The molecule has 0 unspecified atom stereocenters. The number of rotatable bonds is 18. The van der Waals surface area contributed by atoms with Crippen molar-refractivity contribution in [2.24, 2.45) is 45.3 Å². The van der Waals surface area contributed by atoms with Crippen molar-refractivity contribution in [2.45, 2.75) is 279 Å². The van der Waals surface area contributed by atoms with Crippen LogP contribution in [0, 0.1) is 45.3 Å². The minimum absolute atomic E-state index is 0.0256. The van der Waals surface area contributed by atoms with Gasteiger partial charge in [0.05, 0.1) is 50.8 Å². The first-order chi connectivity index (χ1) is 39.9. The fourth-order valence-corrected chi connectivity index (χ4v) is 17.4. The van der Waals surface area contributed by atoms with E-state index in [-0.39, 0.29) is 47.7 Å². The van der Waals surface area contributed by atoms with Crippen molar-refractivity contribution in [3.63, 3.8) is 0 Å². The van der Waals surface area contributed by atoms with Crippen molar-refractivity contribution in [1.82, 2.24) is 0 Å². The average Bonchev–Trinajstić information content (AvgIpc) is 1.79. The van der Waals surface area contributed by atoms with E-state index >= 15 is 0 Å². The molecule has 9 fully saturated rings. The minimum Gasteiger partial charge on any atom is -0.394 e. The highest BCUT2D eigenvalue weighted by molar-refractivity contribution is 5.20. The molecule has 492 valence electrons. The highest BCUT2D eigenvalue weighted by atomic mass is 16.8. The van der Waals surface area contributed by atoms with Crippen molar-refractivity contribution >= 4 is 0 Å². The molecule has 0 aromatic heterocycles. The Bertz CT molecular complexity index is 2230. The lowest BCUT2D eigenvalue weighted by molar-refractivity contribution is -0.378. The van der Waals surface area contributed by atoms with Crippen LogP contribution >= 0.6 is 0 Å². The van der Waals surface area contributed by atoms with Gasteiger partial charge in [-0.05, 0) is 130 Å². The Hall–Kier alpha value is -1.30. The summed E-state index contributed by atoms with van der Waals surface area (Å²) in [5.41, 5.74) is -1.59. The van der Waals surface area contributed by atoms with E-state index < -0.39 is 190 Å². The zero-order chi connectivity index (χ0) is 62.2. The largest absolute Gasteiger partial charge is 0.394 e. The molecule has 4 saturated carbocycles. The van der Waals surface area contributed by atoms with Gasteiger partial charge in [0, 0.05) is 0 Å². The van der Waals surface area contributed by atoms with Gasteiger partial charge in [-0.3, -0.25) is 0 Å². The molecule has 0 amide bonds. The quantitative estimate of drug-likeness (QED) is 0.0377. The molecular formula is C59H100O26. The van der Waals surface area contributed by atoms with Gasteiger partial charge in [-0.1, -0.05) is 46.3 Å². The molecule has 0 aromatic carbocycles. The Morgan fingerprint density at radius 1 is 0.541 bits per heavy atom.